The van der Waals surface area contributed by atoms with E-state index in [1.54, 1.807) is 6.26 Å². The highest BCUT2D eigenvalue weighted by Gasteiger charge is 2.19. The fourth-order valence-electron chi connectivity index (χ4n) is 2.10. The molecule has 2 heterocycles. The van der Waals surface area contributed by atoms with Gasteiger partial charge in [0.15, 0.2) is 5.22 Å². The Morgan fingerprint density at radius 2 is 2.26 bits per heavy atom. The van der Waals surface area contributed by atoms with Crippen LogP contribution in [-0.2, 0) is 19.4 Å². The van der Waals surface area contributed by atoms with E-state index in [0.717, 1.165) is 34.4 Å². The molecule has 0 saturated heterocycles. The van der Waals surface area contributed by atoms with Crippen molar-refractivity contribution in [3.05, 3.63) is 39.0 Å². The van der Waals surface area contributed by atoms with E-state index in [-0.39, 0.29) is 6.04 Å². The second kappa shape index (κ2) is 6.11. The van der Waals surface area contributed by atoms with Crippen LogP contribution in [0, 0.1) is 0 Å². The van der Waals surface area contributed by atoms with Crippen LogP contribution >= 0.6 is 27.5 Å². The zero-order valence-corrected chi connectivity index (χ0v) is 13.3. The number of furan rings is 1. The van der Waals surface area contributed by atoms with Crippen LogP contribution in [0.25, 0.3) is 0 Å². The Labute approximate surface area is 126 Å². The van der Waals surface area contributed by atoms with E-state index in [0.29, 0.717) is 11.6 Å². The number of rotatable bonds is 5. The maximum Gasteiger partial charge on any atom is 0.197 e. The molecule has 0 radical (unpaired) electrons. The van der Waals surface area contributed by atoms with Gasteiger partial charge in [0.1, 0.15) is 0 Å². The number of hydrogen-bond acceptors (Lipinski definition) is 3. The van der Waals surface area contributed by atoms with E-state index in [1.807, 2.05) is 10.7 Å². The summed E-state index contributed by atoms with van der Waals surface area (Å²) >= 11 is 9.58. The summed E-state index contributed by atoms with van der Waals surface area (Å²) in [7, 11) is 0. The third kappa shape index (κ3) is 2.88. The van der Waals surface area contributed by atoms with Crippen LogP contribution < -0.4 is 5.73 Å². The van der Waals surface area contributed by atoms with Crippen LogP contribution in [-0.4, -0.2) is 9.78 Å². The molecular formula is C13H17BrClN3O. The average molecular weight is 347 g/mol. The van der Waals surface area contributed by atoms with Gasteiger partial charge < -0.3 is 10.2 Å². The van der Waals surface area contributed by atoms with Gasteiger partial charge in [-0.25, -0.2) is 0 Å². The summed E-state index contributed by atoms with van der Waals surface area (Å²) in [5, 5.41) is 4.92. The van der Waals surface area contributed by atoms with Crippen LogP contribution in [0.1, 0.15) is 36.8 Å². The fraction of sp³-hybridized carbons (Fsp3) is 0.462. The van der Waals surface area contributed by atoms with E-state index in [2.05, 4.69) is 34.9 Å². The summed E-state index contributed by atoms with van der Waals surface area (Å²) in [6.45, 7) is 4.97. The smallest absolute Gasteiger partial charge is 0.197 e. The lowest BCUT2D eigenvalue weighted by molar-refractivity contribution is 0.553. The topological polar surface area (TPSA) is 57.0 Å². The predicted molar refractivity (Wildman–Crippen MR) is 79.3 cm³/mol. The highest BCUT2D eigenvalue weighted by atomic mass is 79.9. The predicted octanol–water partition coefficient (Wildman–Crippen LogP) is 3.72. The maximum absolute atomic E-state index is 6.21. The monoisotopic (exact) mass is 345 g/mol. The maximum atomic E-state index is 6.21. The molecule has 0 fully saturated rings. The number of nitrogens with zero attached hydrogens (tertiary/aromatic N) is 2. The number of aryl methyl sites for hydroxylation is 2. The van der Waals surface area contributed by atoms with Crippen molar-refractivity contribution in [3.63, 3.8) is 0 Å². The minimum atomic E-state index is -0.200. The van der Waals surface area contributed by atoms with Crippen LogP contribution in [0.4, 0.5) is 0 Å². The molecule has 1 atom stereocenters. The molecule has 0 bridgehead atoms. The van der Waals surface area contributed by atoms with Crippen molar-refractivity contribution >= 4 is 27.5 Å². The molecule has 19 heavy (non-hydrogen) atoms. The van der Waals surface area contributed by atoms with Crippen LogP contribution in [0.15, 0.2) is 21.2 Å². The van der Waals surface area contributed by atoms with Crippen LogP contribution in [0.3, 0.4) is 0 Å². The summed E-state index contributed by atoms with van der Waals surface area (Å²) in [5.74, 6) is 0. The molecule has 0 amide bonds. The Kier molecular flexibility index (Phi) is 4.71. The number of aromatic nitrogens is 2. The SMILES string of the molecule is CCc1nn(CC)c(CC(N)c2ccoc2Cl)c1Br. The lowest BCUT2D eigenvalue weighted by Crippen LogP contribution is -2.16. The standard InChI is InChI=1S/C13H17BrClN3O/c1-3-10-12(14)11(18(4-2)17-10)7-9(16)8-5-6-19-13(8)15/h5-6,9H,3-4,7,16H2,1-2H3. The molecule has 2 N–H and O–H groups in total. The van der Waals surface area contributed by atoms with E-state index in [9.17, 15) is 0 Å². The van der Waals surface area contributed by atoms with E-state index >= 15 is 0 Å². The molecule has 4 nitrogen and oxygen atoms in total. The van der Waals surface area contributed by atoms with Gasteiger partial charge in [-0.15, -0.1) is 0 Å². The third-order valence-corrected chi connectivity index (χ3v) is 4.38. The van der Waals surface area contributed by atoms with Crippen molar-refractivity contribution < 1.29 is 4.42 Å². The first kappa shape index (κ1) is 14.6. The zero-order valence-electron chi connectivity index (χ0n) is 11.0. The Hall–Kier alpha value is -0.780. The largest absolute Gasteiger partial charge is 0.453 e. The average Bonchev–Trinajstić information content (AvgIpc) is 2.95. The molecule has 2 aromatic heterocycles. The van der Waals surface area contributed by atoms with Gasteiger partial charge in [0.25, 0.3) is 0 Å². The van der Waals surface area contributed by atoms with Gasteiger partial charge in [0, 0.05) is 24.6 Å². The summed E-state index contributed by atoms with van der Waals surface area (Å²) in [5.41, 5.74) is 9.20. The summed E-state index contributed by atoms with van der Waals surface area (Å²) in [6, 6.07) is 1.61. The molecule has 2 rings (SSSR count). The van der Waals surface area contributed by atoms with Gasteiger partial charge >= 0.3 is 0 Å². The molecule has 0 saturated carbocycles. The van der Waals surface area contributed by atoms with Crippen molar-refractivity contribution in [1.29, 1.82) is 0 Å². The highest BCUT2D eigenvalue weighted by molar-refractivity contribution is 9.10. The first-order valence-corrected chi connectivity index (χ1v) is 7.48. The van der Waals surface area contributed by atoms with E-state index in [4.69, 9.17) is 21.8 Å². The van der Waals surface area contributed by atoms with Crippen molar-refractivity contribution in [2.75, 3.05) is 0 Å². The van der Waals surface area contributed by atoms with Crippen molar-refractivity contribution in [3.8, 4) is 0 Å². The fourth-order valence-corrected chi connectivity index (χ4v) is 3.08. The second-order valence-corrected chi connectivity index (χ2v) is 5.47. The summed E-state index contributed by atoms with van der Waals surface area (Å²) in [6.07, 6.45) is 3.12. The molecular weight excluding hydrogens is 330 g/mol. The molecule has 0 spiro atoms. The quantitative estimate of drug-likeness (QED) is 0.897. The third-order valence-electron chi connectivity index (χ3n) is 3.15. The van der Waals surface area contributed by atoms with E-state index < -0.39 is 0 Å². The van der Waals surface area contributed by atoms with Crippen molar-refractivity contribution in [1.82, 2.24) is 9.78 Å². The van der Waals surface area contributed by atoms with Crippen LogP contribution in [0.2, 0.25) is 5.22 Å². The van der Waals surface area contributed by atoms with Gasteiger partial charge in [-0.2, -0.15) is 5.10 Å². The molecule has 1 unspecified atom stereocenters. The molecule has 0 aliphatic carbocycles. The highest BCUT2D eigenvalue weighted by Crippen LogP contribution is 2.29. The molecule has 104 valence electrons. The second-order valence-electron chi connectivity index (χ2n) is 4.34. The van der Waals surface area contributed by atoms with Gasteiger partial charge in [-0.05, 0) is 46.9 Å². The minimum Gasteiger partial charge on any atom is -0.453 e. The Bertz CT molecular complexity index is 564. The molecule has 0 aliphatic rings. The van der Waals surface area contributed by atoms with Crippen LogP contribution in [0.5, 0.6) is 0 Å². The Balaban J connectivity index is 2.28. The molecule has 6 heteroatoms. The van der Waals surface area contributed by atoms with Crippen molar-refractivity contribution in [2.24, 2.45) is 5.73 Å². The van der Waals surface area contributed by atoms with Crippen molar-refractivity contribution in [2.45, 2.75) is 39.3 Å². The number of nitrogens with two attached hydrogens (primary N) is 1. The van der Waals surface area contributed by atoms with Gasteiger partial charge in [-0.1, -0.05) is 6.92 Å². The summed E-state index contributed by atoms with van der Waals surface area (Å²) < 4.78 is 8.12. The van der Waals surface area contributed by atoms with Gasteiger partial charge in [0.05, 0.1) is 22.1 Å². The van der Waals surface area contributed by atoms with Gasteiger partial charge in [0.2, 0.25) is 0 Å². The zero-order chi connectivity index (χ0) is 14.0. The lowest BCUT2D eigenvalue weighted by Gasteiger charge is -2.12. The molecule has 0 aromatic carbocycles. The first-order valence-electron chi connectivity index (χ1n) is 6.30. The lowest BCUT2D eigenvalue weighted by atomic mass is 10.1. The van der Waals surface area contributed by atoms with E-state index in [1.165, 1.54) is 0 Å². The number of hydrogen-bond donors (Lipinski definition) is 1. The van der Waals surface area contributed by atoms with Gasteiger partial charge in [-0.3, -0.25) is 4.68 Å². The normalized spacial score (nSPS) is 12.9. The minimum absolute atomic E-state index is 0.200. The first-order chi connectivity index (χ1) is 9.08. The number of halogens is 2. The Morgan fingerprint density at radius 3 is 2.79 bits per heavy atom. The molecule has 0 aliphatic heterocycles. The summed E-state index contributed by atoms with van der Waals surface area (Å²) in [4.78, 5) is 0. The molecule has 2 aromatic rings. The Morgan fingerprint density at radius 1 is 1.53 bits per heavy atom.